The molecule has 0 unspecified atom stereocenters. The Morgan fingerprint density at radius 2 is 2.05 bits per heavy atom. The molecule has 1 saturated carbocycles. The van der Waals surface area contributed by atoms with Crippen molar-refractivity contribution in [1.29, 1.82) is 0 Å². The van der Waals surface area contributed by atoms with Crippen LogP contribution in [0, 0.1) is 19.8 Å². The van der Waals surface area contributed by atoms with Crippen molar-refractivity contribution in [3.05, 3.63) is 43.5 Å². The quantitative estimate of drug-likeness (QED) is 0.603. The molecule has 0 aromatic carbocycles. The minimum absolute atomic E-state index is 0. The van der Waals surface area contributed by atoms with Crippen molar-refractivity contribution in [3.8, 4) is 5.88 Å². The smallest absolute Gasteiger partial charge is 0.668 e. The van der Waals surface area contributed by atoms with Gasteiger partial charge in [-0.2, -0.15) is 31.2 Å². The van der Waals surface area contributed by atoms with Crippen molar-refractivity contribution in [3.63, 3.8) is 0 Å². The van der Waals surface area contributed by atoms with E-state index in [4.69, 9.17) is 5.73 Å². The number of amides is 1. The molecule has 22 heavy (non-hydrogen) atoms. The summed E-state index contributed by atoms with van der Waals surface area (Å²) in [6.45, 7) is 0.502. The normalized spacial score (nSPS) is 12.7. The average molecular weight is 359 g/mol. The Bertz CT molecular complexity index is 435. The largest absolute Gasteiger partial charge is 3.00 e. The predicted molar refractivity (Wildman–Crippen MR) is 73.3 cm³/mol. The molecule has 1 heterocycles. The van der Waals surface area contributed by atoms with E-state index in [1.54, 1.807) is 12.5 Å². The molecule has 8 heteroatoms. The maximum absolute atomic E-state index is 11.7. The summed E-state index contributed by atoms with van der Waals surface area (Å²) in [7, 11) is 0. The Hall–Kier alpha value is -1.40. The molecule has 0 atom stereocenters. The van der Waals surface area contributed by atoms with E-state index < -0.39 is 12.8 Å². The van der Waals surface area contributed by atoms with E-state index in [1.165, 1.54) is 12.3 Å². The number of hydrogen-bond donors (Lipinski definition) is 0. The van der Waals surface area contributed by atoms with Gasteiger partial charge in [0.1, 0.15) is 0 Å². The number of carbonyl (C=O) groups excluding carboxylic acids is 1. The third-order valence-electron chi connectivity index (χ3n) is 2.42. The summed E-state index contributed by atoms with van der Waals surface area (Å²) in [5, 5.41) is 0. The topological polar surface area (TPSA) is 63.0 Å². The monoisotopic (exact) mass is 359 g/mol. The van der Waals surface area contributed by atoms with E-state index in [0.717, 1.165) is 18.4 Å². The van der Waals surface area contributed by atoms with Crippen molar-refractivity contribution in [2.75, 3.05) is 6.61 Å². The molecule has 0 aliphatic heterocycles. The molecule has 1 radical (unpaired) electrons. The molecule has 1 fully saturated rings. The van der Waals surface area contributed by atoms with Crippen LogP contribution in [0.15, 0.2) is 18.3 Å². The van der Waals surface area contributed by atoms with Crippen LogP contribution in [0.4, 0.5) is 13.2 Å². The fourth-order valence-electron chi connectivity index (χ4n) is 1.15. The number of carbonyl (C=O) groups is 1. The Labute approximate surface area is 139 Å². The van der Waals surface area contributed by atoms with Crippen LogP contribution in [0.25, 0.3) is 5.73 Å². The van der Waals surface area contributed by atoms with Crippen LogP contribution in [0.2, 0.25) is 0 Å². The number of ether oxygens (including phenoxy) is 1. The minimum atomic E-state index is -4.32. The van der Waals surface area contributed by atoms with E-state index in [9.17, 15) is 18.0 Å². The minimum Gasteiger partial charge on any atom is -0.668 e. The summed E-state index contributed by atoms with van der Waals surface area (Å²) >= 11 is 0. The van der Waals surface area contributed by atoms with Crippen molar-refractivity contribution < 1.29 is 39.8 Å². The molecular formula is C14H18F3FeN2O2. The molecule has 0 spiro atoms. The fourth-order valence-corrected chi connectivity index (χ4v) is 1.15. The van der Waals surface area contributed by atoms with E-state index in [2.05, 4.69) is 9.72 Å². The summed E-state index contributed by atoms with van der Waals surface area (Å²) in [6.07, 6.45) is 0.841. The van der Waals surface area contributed by atoms with E-state index in [0.29, 0.717) is 0 Å². The molecule has 1 amide bonds. The second-order valence-corrected chi connectivity index (χ2v) is 4.26. The Kier molecular flexibility index (Phi) is 10.8. The summed E-state index contributed by atoms with van der Waals surface area (Å²) < 4.78 is 39.6. The summed E-state index contributed by atoms with van der Waals surface area (Å²) in [4.78, 5) is 13.6. The summed E-state index contributed by atoms with van der Waals surface area (Å²) in [5.41, 5.74) is 7.29. The van der Waals surface area contributed by atoms with E-state index in [1.807, 2.05) is 6.92 Å². The predicted octanol–water partition coefficient (Wildman–Crippen LogP) is 4.02. The Morgan fingerprint density at radius 3 is 2.32 bits per heavy atom. The van der Waals surface area contributed by atoms with Gasteiger partial charge in [-0.05, 0) is 12.8 Å². The zero-order valence-electron chi connectivity index (χ0n) is 12.3. The first kappa shape index (κ1) is 22.9. The zero-order chi connectivity index (χ0) is 15.2. The average Bonchev–Trinajstić information content (AvgIpc) is 3.21. The number of nitrogens with zero attached hydrogens (tertiary/aromatic N) is 1. The van der Waals surface area contributed by atoms with Crippen LogP contribution in [-0.4, -0.2) is 23.7 Å². The molecule has 1 aliphatic rings. The number of alkyl halides is 3. The number of aromatic nitrogens is 1. The second kappa shape index (κ2) is 10.3. The first-order valence-corrected chi connectivity index (χ1v) is 6.02. The van der Waals surface area contributed by atoms with Crippen molar-refractivity contribution in [1.82, 2.24) is 4.98 Å². The molecule has 1 aromatic heterocycles. The van der Waals surface area contributed by atoms with Crippen molar-refractivity contribution in [2.24, 2.45) is 5.92 Å². The van der Waals surface area contributed by atoms with Crippen molar-refractivity contribution in [2.45, 2.75) is 25.9 Å². The van der Waals surface area contributed by atoms with Crippen LogP contribution in [0.5, 0.6) is 5.88 Å². The number of halogens is 3. The van der Waals surface area contributed by atoms with Gasteiger partial charge < -0.3 is 22.7 Å². The molecule has 1 aliphatic carbocycles. The first-order chi connectivity index (χ1) is 9.31. The summed E-state index contributed by atoms with van der Waals surface area (Å²) in [6, 6.07) is 3.04. The van der Waals surface area contributed by atoms with Gasteiger partial charge in [-0.15, -0.1) is 0 Å². The molecule has 0 bridgehead atoms. The van der Waals surface area contributed by atoms with Crippen LogP contribution < -0.4 is 4.74 Å². The molecule has 1 N–H and O–H groups in total. The van der Waals surface area contributed by atoms with Gasteiger partial charge in [-0.25, -0.2) is 0 Å². The van der Waals surface area contributed by atoms with Crippen LogP contribution in [0.1, 0.15) is 25.3 Å². The summed E-state index contributed by atoms with van der Waals surface area (Å²) in [5.74, 6) is -0.270. The molecule has 125 valence electrons. The van der Waals surface area contributed by atoms with Crippen LogP contribution in [0.3, 0.4) is 0 Å². The molecule has 4 nitrogen and oxygen atoms in total. The SMILES string of the molecule is C[CH-]c1ccc(OCC(F)(F)F)nc1.[CH3-].[Fe+3].[NH-]C(=O)C1CC1. The Balaban J connectivity index is 0. The molecule has 2 rings (SSSR count). The standard InChI is InChI=1S/C9H9F3NO.C4H7NO.CH3.Fe/c1-2-7-3-4-8(13-5-7)14-6-9(10,11)12;5-4(6)3-1-2-3;;/h2-5H,6H2,1H3;3H,1-2H2,(H2,5,6);1H3;/q-1;;-1;+3/p-1. The maximum atomic E-state index is 11.7. The number of rotatable bonds is 4. The van der Waals surface area contributed by atoms with Gasteiger partial charge in [0.05, 0.1) is 5.91 Å². The molecular weight excluding hydrogens is 341 g/mol. The zero-order valence-corrected chi connectivity index (χ0v) is 13.4. The molecule has 0 saturated heterocycles. The van der Waals surface area contributed by atoms with Crippen LogP contribution >= 0.6 is 0 Å². The van der Waals surface area contributed by atoms with E-state index in [-0.39, 0.29) is 42.2 Å². The number of pyridine rings is 1. The maximum Gasteiger partial charge on any atom is 3.00 e. The third kappa shape index (κ3) is 10.3. The first-order valence-electron chi connectivity index (χ1n) is 6.02. The van der Waals surface area contributed by atoms with Gasteiger partial charge >= 0.3 is 23.2 Å². The van der Waals surface area contributed by atoms with Gasteiger partial charge in [0, 0.05) is 5.92 Å². The van der Waals surface area contributed by atoms with Gasteiger partial charge in [-0.1, -0.05) is 19.2 Å². The fraction of sp³-hybridized carbons (Fsp3) is 0.429. The van der Waals surface area contributed by atoms with Crippen molar-refractivity contribution >= 4 is 5.91 Å². The second-order valence-electron chi connectivity index (χ2n) is 4.26. The van der Waals surface area contributed by atoms with Gasteiger partial charge in [-0.3, -0.25) is 4.98 Å². The van der Waals surface area contributed by atoms with Gasteiger partial charge in [0.15, 0.2) is 12.5 Å². The van der Waals surface area contributed by atoms with Crippen LogP contribution in [-0.2, 0) is 21.9 Å². The van der Waals surface area contributed by atoms with Gasteiger partial charge in [0.25, 0.3) is 0 Å². The van der Waals surface area contributed by atoms with E-state index >= 15 is 0 Å². The Morgan fingerprint density at radius 1 is 1.45 bits per heavy atom. The number of hydrogen-bond acceptors (Lipinski definition) is 3. The number of nitrogens with one attached hydrogen (secondary N) is 1. The molecule has 1 aromatic rings. The van der Waals surface area contributed by atoms with Gasteiger partial charge in [0.2, 0.25) is 0 Å². The third-order valence-corrected chi connectivity index (χ3v) is 2.42.